The average molecular weight is 192 g/mol. The van der Waals surface area contributed by atoms with Crippen LogP contribution in [0, 0.1) is 11.8 Å². The Hall–Kier alpha value is -0.930. The number of fused-ring (bicyclic) bond motifs is 5. The summed E-state index contributed by atoms with van der Waals surface area (Å²) in [6.45, 7) is 0.436. The van der Waals surface area contributed by atoms with Crippen molar-refractivity contribution in [2.75, 3.05) is 13.7 Å². The fourth-order valence-corrected chi connectivity index (χ4v) is 2.66. The van der Waals surface area contributed by atoms with Crippen LogP contribution in [0.2, 0.25) is 0 Å². The number of carbonyl (C=O) groups excluding carboxylic acids is 1. The topological polar surface area (TPSA) is 35.5 Å². The molecule has 74 valence electrons. The van der Waals surface area contributed by atoms with Gasteiger partial charge in [-0.05, 0) is 0 Å². The molecule has 1 fully saturated rings. The molecular formula is C11H12O3. The summed E-state index contributed by atoms with van der Waals surface area (Å²) in [5, 5.41) is 0. The minimum absolute atomic E-state index is 0.0168. The molecule has 3 heteroatoms. The van der Waals surface area contributed by atoms with Crippen LogP contribution in [-0.2, 0) is 14.3 Å². The highest BCUT2D eigenvalue weighted by Crippen LogP contribution is 2.45. The lowest BCUT2D eigenvalue weighted by atomic mass is 9.85. The van der Waals surface area contributed by atoms with Gasteiger partial charge in [-0.15, -0.1) is 0 Å². The average Bonchev–Trinajstić information content (AvgIpc) is 2.81. The summed E-state index contributed by atoms with van der Waals surface area (Å²) in [5.41, 5.74) is 0.824. The van der Waals surface area contributed by atoms with Gasteiger partial charge in [-0.2, -0.15) is 0 Å². The number of Topliss-reactive ketones (excluding diaryl/α,β-unsaturated/α-hetero) is 1. The van der Waals surface area contributed by atoms with Gasteiger partial charge < -0.3 is 9.47 Å². The number of hydrogen-bond donors (Lipinski definition) is 0. The van der Waals surface area contributed by atoms with Crippen molar-refractivity contribution < 1.29 is 14.3 Å². The first-order valence-corrected chi connectivity index (χ1v) is 4.89. The zero-order valence-electron chi connectivity index (χ0n) is 7.97. The Labute approximate surface area is 82.4 Å². The van der Waals surface area contributed by atoms with Crippen molar-refractivity contribution in [1.29, 1.82) is 0 Å². The van der Waals surface area contributed by atoms with Gasteiger partial charge in [0, 0.05) is 18.6 Å². The minimum atomic E-state index is 0.0168. The standard InChI is InChI=1S/C11H12O3/c1-13-5-6-4-7-8-2-3-9(14-8)10(7)11(6)12/h2-4,7-10H,5H2,1H3/t7-,8-,9+,10-/m0/s1. The molecule has 0 amide bonds. The number of carbonyl (C=O) groups is 1. The zero-order valence-corrected chi connectivity index (χ0v) is 7.97. The number of ketones is 1. The van der Waals surface area contributed by atoms with Gasteiger partial charge in [0.25, 0.3) is 0 Å². The van der Waals surface area contributed by atoms with Gasteiger partial charge >= 0.3 is 0 Å². The number of rotatable bonds is 2. The van der Waals surface area contributed by atoms with Crippen LogP contribution in [0.3, 0.4) is 0 Å². The molecule has 2 aliphatic heterocycles. The first-order valence-electron chi connectivity index (χ1n) is 4.89. The Morgan fingerprint density at radius 1 is 1.43 bits per heavy atom. The van der Waals surface area contributed by atoms with E-state index in [1.165, 1.54) is 0 Å². The Morgan fingerprint density at radius 3 is 2.93 bits per heavy atom. The Balaban J connectivity index is 1.90. The first-order chi connectivity index (χ1) is 6.81. The third-order valence-electron chi connectivity index (χ3n) is 3.27. The Kier molecular flexibility index (Phi) is 1.66. The largest absolute Gasteiger partial charge is 0.380 e. The molecule has 0 aromatic heterocycles. The molecule has 0 spiro atoms. The molecule has 0 aromatic carbocycles. The van der Waals surface area contributed by atoms with Crippen LogP contribution in [0.1, 0.15) is 0 Å². The molecule has 0 radical (unpaired) electrons. The maximum absolute atomic E-state index is 11.9. The number of methoxy groups -OCH3 is 1. The maximum Gasteiger partial charge on any atom is 0.167 e. The highest BCUT2D eigenvalue weighted by atomic mass is 16.5. The normalized spacial score (nSPS) is 43.2. The maximum atomic E-state index is 11.9. The summed E-state index contributed by atoms with van der Waals surface area (Å²) in [5.74, 6) is 0.520. The summed E-state index contributed by atoms with van der Waals surface area (Å²) in [4.78, 5) is 11.9. The van der Waals surface area contributed by atoms with E-state index in [4.69, 9.17) is 9.47 Å². The minimum Gasteiger partial charge on any atom is -0.380 e. The smallest absolute Gasteiger partial charge is 0.167 e. The first kappa shape index (κ1) is 8.38. The molecule has 1 aliphatic carbocycles. The third kappa shape index (κ3) is 0.913. The van der Waals surface area contributed by atoms with Crippen molar-refractivity contribution in [3.05, 3.63) is 23.8 Å². The highest BCUT2D eigenvalue weighted by Gasteiger charge is 2.52. The van der Waals surface area contributed by atoms with Crippen LogP contribution in [0.25, 0.3) is 0 Å². The zero-order chi connectivity index (χ0) is 9.71. The number of hydrogen-bond acceptors (Lipinski definition) is 3. The van der Waals surface area contributed by atoms with Gasteiger partial charge in [0.1, 0.15) is 0 Å². The van der Waals surface area contributed by atoms with E-state index in [9.17, 15) is 4.79 Å². The van der Waals surface area contributed by atoms with E-state index in [1.54, 1.807) is 7.11 Å². The fourth-order valence-electron chi connectivity index (χ4n) is 2.66. The summed E-state index contributed by atoms with van der Waals surface area (Å²) in [7, 11) is 1.62. The van der Waals surface area contributed by atoms with E-state index in [-0.39, 0.29) is 29.8 Å². The molecule has 0 aromatic rings. The quantitative estimate of drug-likeness (QED) is 0.604. The lowest BCUT2D eigenvalue weighted by Gasteiger charge is -2.14. The monoisotopic (exact) mass is 192 g/mol. The molecule has 2 heterocycles. The van der Waals surface area contributed by atoms with Crippen LogP contribution >= 0.6 is 0 Å². The van der Waals surface area contributed by atoms with E-state index in [2.05, 4.69) is 6.08 Å². The second-order valence-electron chi connectivity index (χ2n) is 4.04. The lowest BCUT2D eigenvalue weighted by molar-refractivity contribution is -0.120. The van der Waals surface area contributed by atoms with Crippen molar-refractivity contribution in [2.45, 2.75) is 12.2 Å². The summed E-state index contributed by atoms with van der Waals surface area (Å²) in [6.07, 6.45) is 6.25. The van der Waals surface area contributed by atoms with Gasteiger partial charge in [-0.25, -0.2) is 0 Å². The molecule has 3 rings (SSSR count). The lowest BCUT2D eigenvalue weighted by Crippen LogP contribution is -2.26. The molecule has 0 saturated carbocycles. The third-order valence-corrected chi connectivity index (χ3v) is 3.27. The SMILES string of the molecule is COCC1=C[C@@H]2[C@H](C1=O)[C@H]1C=C[C@@H]2O1. The highest BCUT2D eigenvalue weighted by molar-refractivity contribution is 6.01. The fraction of sp³-hybridized carbons (Fsp3) is 0.545. The van der Waals surface area contributed by atoms with Gasteiger partial charge in [0.15, 0.2) is 5.78 Å². The van der Waals surface area contributed by atoms with Crippen LogP contribution in [0.5, 0.6) is 0 Å². The molecule has 2 bridgehead atoms. The summed E-state index contributed by atoms with van der Waals surface area (Å²) >= 11 is 0. The second-order valence-corrected chi connectivity index (χ2v) is 4.04. The molecule has 4 atom stereocenters. The van der Waals surface area contributed by atoms with Crippen LogP contribution in [0.4, 0.5) is 0 Å². The van der Waals surface area contributed by atoms with E-state index in [0.717, 1.165) is 5.57 Å². The van der Waals surface area contributed by atoms with Crippen molar-refractivity contribution in [3.63, 3.8) is 0 Å². The van der Waals surface area contributed by atoms with E-state index < -0.39 is 0 Å². The number of ether oxygens (including phenoxy) is 2. The molecular weight excluding hydrogens is 180 g/mol. The summed E-state index contributed by atoms with van der Waals surface area (Å²) in [6, 6.07) is 0. The van der Waals surface area contributed by atoms with Gasteiger partial charge in [0.05, 0.1) is 24.7 Å². The van der Waals surface area contributed by atoms with Gasteiger partial charge in [-0.1, -0.05) is 18.2 Å². The Morgan fingerprint density at radius 2 is 2.21 bits per heavy atom. The van der Waals surface area contributed by atoms with Crippen molar-refractivity contribution in [1.82, 2.24) is 0 Å². The van der Waals surface area contributed by atoms with Crippen molar-refractivity contribution >= 4 is 5.78 Å². The predicted molar refractivity (Wildman–Crippen MR) is 49.7 cm³/mol. The summed E-state index contributed by atoms with van der Waals surface area (Å²) < 4.78 is 10.6. The van der Waals surface area contributed by atoms with Crippen LogP contribution in [-0.4, -0.2) is 31.7 Å². The van der Waals surface area contributed by atoms with E-state index >= 15 is 0 Å². The molecule has 14 heavy (non-hydrogen) atoms. The van der Waals surface area contributed by atoms with Gasteiger partial charge in [0.2, 0.25) is 0 Å². The van der Waals surface area contributed by atoms with E-state index in [0.29, 0.717) is 6.61 Å². The molecule has 0 unspecified atom stereocenters. The van der Waals surface area contributed by atoms with Gasteiger partial charge in [-0.3, -0.25) is 4.79 Å². The Bertz CT molecular complexity index is 342. The molecule has 1 saturated heterocycles. The van der Waals surface area contributed by atoms with Crippen molar-refractivity contribution in [2.24, 2.45) is 11.8 Å². The van der Waals surface area contributed by atoms with Crippen LogP contribution < -0.4 is 0 Å². The van der Waals surface area contributed by atoms with Crippen LogP contribution in [0.15, 0.2) is 23.8 Å². The predicted octanol–water partition coefficient (Wildman–Crippen LogP) is 0.712. The molecule has 3 nitrogen and oxygen atoms in total. The molecule has 0 N–H and O–H groups in total. The molecule has 3 aliphatic rings. The van der Waals surface area contributed by atoms with Crippen molar-refractivity contribution in [3.8, 4) is 0 Å². The van der Waals surface area contributed by atoms with E-state index in [1.807, 2.05) is 12.2 Å². The second kappa shape index (κ2) is 2.78.